The first-order valence-electron chi connectivity index (χ1n) is 8.93. The fourth-order valence-electron chi connectivity index (χ4n) is 3.58. The Morgan fingerprint density at radius 2 is 2.08 bits per heavy atom. The molecule has 25 heavy (non-hydrogen) atoms. The lowest BCUT2D eigenvalue weighted by atomic mass is 9.95. The molecule has 9 nitrogen and oxygen atoms in total. The molecule has 0 spiro atoms. The van der Waals surface area contributed by atoms with Gasteiger partial charge in [-0.3, -0.25) is 4.79 Å². The molecule has 4 rings (SSSR count). The summed E-state index contributed by atoms with van der Waals surface area (Å²) < 4.78 is 3.91. The van der Waals surface area contributed by atoms with E-state index in [1.807, 2.05) is 4.90 Å². The number of likely N-dealkylation sites (tertiary alicyclic amines) is 1. The molecule has 1 saturated heterocycles. The molecule has 2 fully saturated rings. The standard InChI is InChI=1S/C16H24N8O/c1-2-24-13(9-23-11-18-10-19-23)20-21-14(24)12-3-7-22(8-4-12)15(25)16(17)5-6-16/h10-12H,2-9,17H2,1H3. The molecule has 9 heteroatoms. The third kappa shape index (κ3) is 3.04. The lowest BCUT2D eigenvalue weighted by molar-refractivity contribution is -0.134. The molecule has 1 aliphatic carbocycles. The van der Waals surface area contributed by atoms with Gasteiger partial charge in [-0.2, -0.15) is 5.10 Å². The average Bonchev–Trinajstić information content (AvgIpc) is 3.03. The van der Waals surface area contributed by atoms with Crippen LogP contribution in [-0.2, 0) is 17.9 Å². The van der Waals surface area contributed by atoms with Gasteiger partial charge >= 0.3 is 0 Å². The minimum absolute atomic E-state index is 0.120. The van der Waals surface area contributed by atoms with E-state index in [-0.39, 0.29) is 5.91 Å². The van der Waals surface area contributed by atoms with Crippen molar-refractivity contribution in [3.8, 4) is 0 Å². The Morgan fingerprint density at radius 3 is 2.68 bits per heavy atom. The molecule has 2 N–H and O–H groups in total. The first kappa shape index (κ1) is 16.2. The lowest BCUT2D eigenvalue weighted by Crippen LogP contribution is -2.48. The summed E-state index contributed by atoms with van der Waals surface area (Å²) in [4.78, 5) is 18.3. The van der Waals surface area contributed by atoms with Crippen LogP contribution in [-0.4, -0.2) is 59.0 Å². The molecular formula is C16H24N8O. The third-order valence-corrected chi connectivity index (χ3v) is 5.30. The second-order valence-corrected chi connectivity index (χ2v) is 7.03. The van der Waals surface area contributed by atoms with Gasteiger partial charge in [0.25, 0.3) is 0 Å². The van der Waals surface area contributed by atoms with E-state index >= 15 is 0 Å². The molecule has 134 valence electrons. The highest BCUT2D eigenvalue weighted by atomic mass is 16.2. The Morgan fingerprint density at radius 1 is 1.32 bits per heavy atom. The topological polar surface area (TPSA) is 108 Å². The van der Waals surface area contributed by atoms with E-state index < -0.39 is 5.54 Å². The maximum atomic E-state index is 12.4. The van der Waals surface area contributed by atoms with Gasteiger partial charge in [0.1, 0.15) is 25.0 Å². The summed E-state index contributed by atoms with van der Waals surface area (Å²) >= 11 is 0. The smallest absolute Gasteiger partial charge is 0.242 e. The average molecular weight is 344 g/mol. The number of piperidine rings is 1. The maximum absolute atomic E-state index is 12.4. The zero-order valence-corrected chi connectivity index (χ0v) is 14.5. The quantitative estimate of drug-likeness (QED) is 0.826. The number of aromatic nitrogens is 6. The Kier molecular flexibility index (Phi) is 4.03. The minimum Gasteiger partial charge on any atom is -0.341 e. The van der Waals surface area contributed by atoms with Gasteiger partial charge in [0, 0.05) is 25.6 Å². The zero-order chi connectivity index (χ0) is 17.4. The van der Waals surface area contributed by atoms with Crippen molar-refractivity contribution in [1.82, 2.24) is 34.4 Å². The zero-order valence-electron chi connectivity index (χ0n) is 14.5. The Labute approximate surface area is 146 Å². The van der Waals surface area contributed by atoms with Gasteiger partial charge in [0.15, 0.2) is 5.82 Å². The molecule has 0 radical (unpaired) electrons. The summed E-state index contributed by atoms with van der Waals surface area (Å²) in [5.41, 5.74) is 5.48. The Balaban J connectivity index is 1.44. The number of hydrogen-bond donors (Lipinski definition) is 1. The lowest BCUT2D eigenvalue weighted by Gasteiger charge is -2.33. The highest BCUT2D eigenvalue weighted by Crippen LogP contribution is 2.36. The van der Waals surface area contributed by atoms with Gasteiger partial charge in [0.05, 0.1) is 5.54 Å². The van der Waals surface area contributed by atoms with Crippen LogP contribution in [0.15, 0.2) is 12.7 Å². The van der Waals surface area contributed by atoms with Crippen molar-refractivity contribution in [3.05, 3.63) is 24.3 Å². The normalized spacial score (nSPS) is 20.0. The molecule has 1 amide bonds. The van der Waals surface area contributed by atoms with Crippen molar-refractivity contribution in [1.29, 1.82) is 0 Å². The second-order valence-electron chi connectivity index (χ2n) is 7.03. The number of carbonyl (C=O) groups excluding carboxylic acids is 1. The molecule has 0 bridgehead atoms. The van der Waals surface area contributed by atoms with Crippen LogP contribution in [0.4, 0.5) is 0 Å². The predicted molar refractivity (Wildman–Crippen MR) is 89.5 cm³/mol. The Bertz CT molecular complexity index is 740. The van der Waals surface area contributed by atoms with Gasteiger partial charge < -0.3 is 15.2 Å². The van der Waals surface area contributed by atoms with Crippen molar-refractivity contribution < 1.29 is 4.79 Å². The summed E-state index contributed by atoms with van der Waals surface area (Å²) in [6, 6.07) is 0. The molecule has 1 aliphatic heterocycles. The van der Waals surface area contributed by atoms with E-state index in [2.05, 4.69) is 31.8 Å². The van der Waals surface area contributed by atoms with Crippen LogP contribution in [0.2, 0.25) is 0 Å². The van der Waals surface area contributed by atoms with Gasteiger partial charge in [-0.05, 0) is 32.6 Å². The van der Waals surface area contributed by atoms with Gasteiger partial charge in [-0.25, -0.2) is 9.67 Å². The molecule has 2 aromatic rings. The van der Waals surface area contributed by atoms with Crippen molar-refractivity contribution in [3.63, 3.8) is 0 Å². The Hall–Kier alpha value is -2.29. The van der Waals surface area contributed by atoms with E-state index in [9.17, 15) is 4.79 Å². The SMILES string of the molecule is CCn1c(Cn2cncn2)nnc1C1CCN(C(=O)C2(N)CC2)CC1. The molecular weight excluding hydrogens is 320 g/mol. The van der Waals surface area contributed by atoms with Crippen LogP contribution in [0.5, 0.6) is 0 Å². The van der Waals surface area contributed by atoms with E-state index in [1.165, 1.54) is 6.33 Å². The molecule has 2 aromatic heterocycles. The third-order valence-electron chi connectivity index (χ3n) is 5.30. The molecule has 3 heterocycles. The van der Waals surface area contributed by atoms with E-state index in [1.54, 1.807) is 11.0 Å². The number of nitrogens with zero attached hydrogens (tertiary/aromatic N) is 7. The summed E-state index contributed by atoms with van der Waals surface area (Å²) in [6.07, 6.45) is 6.65. The van der Waals surface area contributed by atoms with Gasteiger partial charge in [-0.1, -0.05) is 0 Å². The fourth-order valence-corrected chi connectivity index (χ4v) is 3.58. The number of carbonyl (C=O) groups is 1. The van der Waals surface area contributed by atoms with E-state index in [4.69, 9.17) is 5.73 Å². The first-order valence-corrected chi connectivity index (χ1v) is 8.93. The number of hydrogen-bond acceptors (Lipinski definition) is 6. The molecule has 2 aliphatic rings. The highest BCUT2D eigenvalue weighted by molar-refractivity contribution is 5.89. The highest BCUT2D eigenvalue weighted by Gasteiger charge is 2.48. The van der Waals surface area contributed by atoms with E-state index in [0.717, 1.165) is 57.0 Å². The van der Waals surface area contributed by atoms with Crippen LogP contribution in [0.25, 0.3) is 0 Å². The van der Waals surface area contributed by atoms with Crippen LogP contribution in [0, 0.1) is 0 Å². The molecule has 1 saturated carbocycles. The van der Waals surface area contributed by atoms with Crippen molar-refractivity contribution in [2.75, 3.05) is 13.1 Å². The van der Waals surface area contributed by atoms with Crippen molar-refractivity contribution in [2.45, 2.75) is 57.2 Å². The fraction of sp³-hybridized carbons (Fsp3) is 0.688. The van der Waals surface area contributed by atoms with Crippen LogP contribution in [0.1, 0.15) is 50.2 Å². The largest absolute Gasteiger partial charge is 0.341 e. The number of nitrogens with two attached hydrogens (primary N) is 1. The van der Waals surface area contributed by atoms with E-state index in [0.29, 0.717) is 12.5 Å². The van der Waals surface area contributed by atoms with Crippen LogP contribution in [0.3, 0.4) is 0 Å². The second kappa shape index (κ2) is 6.21. The molecule has 0 unspecified atom stereocenters. The summed E-state index contributed by atoms with van der Waals surface area (Å²) in [5, 5.41) is 12.9. The van der Waals surface area contributed by atoms with Gasteiger partial charge in [0.2, 0.25) is 5.91 Å². The van der Waals surface area contributed by atoms with Crippen LogP contribution >= 0.6 is 0 Å². The molecule has 0 atom stereocenters. The van der Waals surface area contributed by atoms with Crippen molar-refractivity contribution in [2.24, 2.45) is 5.73 Å². The molecule has 0 aromatic carbocycles. The summed E-state index contributed by atoms with van der Waals surface area (Å²) in [5.74, 6) is 2.35. The van der Waals surface area contributed by atoms with Crippen LogP contribution < -0.4 is 5.73 Å². The maximum Gasteiger partial charge on any atom is 0.242 e. The summed E-state index contributed by atoms with van der Waals surface area (Å²) in [6.45, 7) is 4.97. The number of rotatable bonds is 5. The monoisotopic (exact) mass is 344 g/mol. The predicted octanol–water partition coefficient (Wildman–Crippen LogP) is 0.135. The first-order chi connectivity index (χ1) is 12.1. The number of amides is 1. The van der Waals surface area contributed by atoms with Gasteiger partial charge in [-0.15, -0.1) is 10.2 Å². The minimum atomic E-state index is -0.568. The summed E-state index contributed by atoms with van der Waals surface area (Å²) in [7, 11) is 0. The van der Waals surface area contributed by atoms with Crippen molar-refractivity contribution >= 4 is 5.91 Å².